The van der Waals surface area contributed by atoms with Gasteiger partial charge in [0.05, 0.1) is 0 Å². The zero-order valence-corrected chi connectivity index (χ0v) is 14.1. The van der Waals surface area contributed by atoms with E-state index in [1.807, 2.05) is 0 Å². The molecule has 2 aliphatic carbocycles. The first-order valence-corrected chi connectivity index (χ1v) is 8.78. The summed E-state index contributed by atoms with van der Waals surface area (Å²) in [6.45, 7) is 4.45. The summed E-state index contributed by atoms with van der Waals surface area (Å²) in [5.74, 6) is 3.60. The van der Waals surface area contributed by atoms with Crippen LogP contribution in [-0.2, 0) is 0 Å². The summed E-state index contributed by atoms with van der Waals surface area (Å²) in [6.07, 6.45) is 5.64. The van der Waals surface area contributed by atoms with Gasteiger partial charge in [-0.1, -0.05) is 30.2 Å². The predicted octanol–water partition coefficient (Wildman–Crippen LogP) is 4.91. The van der Waals surface area contributed by atoms with Gasteiger partial charge < -0.3 is 0 Å². The minimum Gasteiger partial charge on any atom is -0.297 e. The Bertz CT molecular complexity index is 745. The largest absolute Gasteiger partial charge is 0.297 e. The van der Waals surface area contributed by atoms with E-state index in [2.05, 4.69) is 52.9 Å². The number of benzene rings is 1. The van der Waals surface area contributed by atoms with Crippen molar-refractivity contribution in [2.45, 2.75) is 45.6 Å². The maximum Gasteiger partial charge on any atom is 0.195 e. The summed E-state index contributed by atoms with van der Waals surface area (Å²) in [5, 5.41) is 7.55. The maximum absolute atomic E-state index is 5.55. The molecule has 22 heavy (non-hydrogen) atoms. The Morgan fingerprint density at radius 1 is 1.32 bits per heavy atom. The number of hydrogen-bond donors (Lipinski definition) is 1. The van der Waals surface area contributed by atoms with Crippen LogP contribution >= 0.6 is 12.2 Å². The van der Waals surface area contributed by atoms with Gasteiger partial charge in [-0.2, -0.15) is 5.10 Å². The highest BCUT2D eigenvalue weighted by Gasteiger charge is 2.42. The quantitative estimate of drug-likeness (QED) is 0.817. The normalized spacial score (nSPS) is 28.2. The van der Waals surface area contributed by atoms with Crippen molar-refractivity contribution in [1.82, 2.24) is 14.8 Å². The lowest BCUT2D eigenvalue weighted by atomic mass is 9.84. The molecule has 0 saturated heterocycles. The Labute approximate surface area is 136 Å². The Morgan fingerprint density at radius 2 is 2.18 bits per heavy atom. The second kappa shape index (κ2) is 5.34. The van der Waals surface area contributed by atoms with Gasteiger partial charge in [-0.25, -0.2) is 0 Å². The lowest BCUT2D eigenvalue weighted by Crippen LogP contribution is -2.22. The maximum atomic E-state index is 5.55. The van der Waals surface area contributed by atoms with Crippen molar-refractivity contribution in [2.24, 2.45) is 17.8 Å². The van der Waals surface area contributed by atoms with Gasteiger partial charge in [0.2, 0.25) is 0 Å². The molecule has 0 aliphatic heterocycles. The summed E-state index contributed by atoms with van der Waals surface area (Å²) in [4.78, 5) is 0. The van der Waals surface area contributed by atoms with Crippen LogP contribution in [0.4, 0.5) is 0 Å². The third-order valence-electron chi connectivity index (χ3n) is 5.80. The lowest BCUT2D eigenvalue weighted by Gasteiger charge is -2.29. The molecule has 4 heteroatoms. The van der Waals surface area contributed by atoms with E-state index in [4.69, 9.17) is 12.2 Å². The smallest absolute Gasteiger partial charge is 0.195 e. The van der Waals surface area contributed by atoms with E-state index in [0.717, 1.165) is 33.9 Å². The van der Waals surface area contributed by atoms with Crippen LogP contribution in [0.5, 0.6) is 0 Å². The van der Waals surface area contributed by atoms with Gasteiger partial charge >= 0.3 is 0 Å². The van der Waals surface area contributed by atoms with Crippen molar-refractivity contribution in [3.63, 3.8) is 0 Å². The van der Waals surface area contributed by atoms with Crippen molar-refractivity contribution in [1.29, 1.82) is 0 Å². The predicted molar refractivity (Wildman–Crippen MR) is 91.2 cm³/mol. The number of hydrogen-bond acceptors (Lipinski definition) is 2. The highest BCUT2D eigenvalue weighted by Crippen LogP contribution is 2.52. The molecule has 4 rings (SSSR count). The van der Waals surface area contributed by atoms with Gasteiger partial charge in [-0.15, -0.1) is 0 Å². The number of nitrogens with zero attached hydrogens (tertiary/aromatic N) is 2. The molecule has 0 spiro atoms. The summed E-state index contributed by atoms with van der Waals surface area (Å²) >= 11 is 5.55. The minimum atomic E-state index is 0.428. The van der Waals surface area contributed by atoms with Crippen molar-refractivity contribution < 1.29 is 0 Å². The van der Waals surface area contributed by atoms with E-state index in [9.17, 15) is 0 Å². The Kier molecular flexibility index (Phi) is 3.44. The molecule has 4 atom stereocenters. The Balaban J connectivity index is 1.73. The fourth-order valence-electron chi connectivity index (χ4n) is 4.75. The zero-order valence-electron chi connectivity index (χ0n) is 13.2. The van der Waals surface area contributed by atoms with Gasteiger partial charge in [-0.3, -0.25) is 9.67 Å². The highest BCUT2D eigenvalue weighted by atomic mass is 32.1. The molecule has 4 unspecified atom stereocenters. The van der Waals surface area contributed by atoms with E-state index >= 15 is 0 Å². The lowest BCUT2D eigenvalue weighted by molar-refractivity contribution is 0.242. The molecule has 3 nitrogen and oxygen atoms in total. The first-order valence-electron chi connectivity index (χ1n) is 8.37. The number of aryl methyl sites for hydroxylation is 1. The third-order valence-corrected chi connectivity index (χ3v) is 6.09. The van der Waals surface area contributed by atoms with Crippen LogP contribution in [0.3, 0.4) is 0 Å². The van der Waals surface area contributed by atoms with Crippen LogP contribution in [0.2, 0.25) is 0 Å². The van der Waals surface area contributed by atoms with E-state index in [-0.39, 0.29) is 0 Å². The van der Waals surface area contributed by atoms with Gasteiger partial charge in [0.1, 0.15) is 0 Å². The molecule has 2 aromatic rings. The molecular weight excluding hydrogens is 290 g/mol. The monoisotopic (exact) mass is 313 g/mol. The molecule has 1 N–H and O–H groups in total. The van der Waals surface area contributed by atoms with E-state index in [1.165, 1.54) is 31.2 Å². The van der Waals surface area contributed by atoms with Crippen molar-refractivity contribution in [2.75, 3.05) is 0 Å². The number of H-pyrrole nitrogens is 1. The van der Waals surface area contributed by atoms with E-state index in [0.29, 0.717) is 6.04 Å². The number of aromatic nitrogens is 3. The summed E-state index contributed by atoms with van der Waals surface area (Å²) in [6, 6.07) is 8.96. The number of rotatable bonds is 3. The van der Waals surface area contributed by atoms with Gasteiger partial charge in [0.15, 0.2) is 10.6 Å². The van der Waals surface area contributed by atoms with E-state index < -0.39 is 0 Å². The average molecular weight is 313 g/mol. The first kappa shape index (κ1) is 14.2. The number of aromatic amines is 1. The molecule has 0 amide bonds. The standard InChI is InChI=1S/C18H23N3S/c1-11-4-3-5-15(8-11)17-19-20-18(22)21(17)12(2)16-10-13-6-7-14(16)9-13/h3-5,8,12-14,16H,6-7,9-10H2,1-2H3,(H,20,22). The van der Waals surface area contributed by atoms with Gasteiger partial charge in [-0.05, 0) is 69.1 Å². The van der Waals surface area contributed by atoms with Crippen LogP contribution in [0.25, 0.3) is 11.4 Å². The van der Waals surface area contributed by atoms with Crippen LogP contribution in [0, 0.1) is 29.4 Å². The molecule has 2 aliphatic rings. The highest BCUT2D eigenvalue weighted by molar-refractivity contribution is 7.71. The van der Waals surface area contributed by atoms with Crippen LogP contribution in [0.1, 0.15) is 44.2 Å². The molecule has 1 aromatic heterocycles. The minimum absolute atomic E-state index is 0.428. The van der Waals surface area contributed by atoms with Crippen LogP contribution < -0.4 is 0 Å². The van der Waals surface area contributed by atoms with Crippen LogP contribution in [-0.4, -0.2) is 14.8 Å². The Hall–Kier alpha value is -1.42. The fraction of sp³-hybridized carbons (Fsp3) is 0.556. The molecule has 1 aromatic carbocycles. The van der Waals surface area contributed by atoms with Gasteiger partial charge in [0, 0.05) is 11.6 Å². The van der Waals surface area contributed by atoms with Crippen molar-refractivity contribution in [3.05, 3.63) is 34.6 Å². The average Bonchev–Trinajstić information content (AvgIpc) is 3.21. The molecule has 2 saturated carbocycles. The summed E-state index contributed by atoms with van der Waals surface area (Å²) in [7, 11) is 0. The summed E-state index contributed by atoms with van der Waals surface area (Å²) in [5.41, 5.74) is 2.41. The molecule has 2 fully saturated rings. The molecule has 116 valence electrons. The zero-order chi connectivity index (χ0) is 15.3. The van der Waals surface area contributed by atoms with Crippen LogP contribution in [0.15, 0.2) is 24.3 Å². The molecular formula is C18H23N3S. The SMILES string of the molecule is Cc1cccc(-c2n[nH]c(=S)n2C(C)C2CC3CCC2C3)c1. The number of fused-ring (bicyclic) bond motifs is 2. The molecule has 0 radical (unpaired) electrons. The Morgan fingerprint density at radius 3 is 2.86 bits per heavy atom. The van der Waals surface area contributed by atoms with Crippen molar-refractivity contribution in [3.8, 4) is 11.4 Å². The number of nitrogens with one attached hydrogen (secondary N) is 1. The second-order valence-corrected chi connectivity index (χ2v) is 7.56. The van der Waals surface area contributed by atoms with E-state index in [1.54, 1.807) is 0 Å². The van der Waals surface area contributed by atoms with Crippen molar-refractivity contribution >= 4 is 12.2 Å². The second-order valence-electron chi connectivity index (χ2n) is 7.17. The topological polar surface area (TPSA) is 33.6 Å². The third kappa shape index (κ3) is 2.24. The first-order chi connectivity index (χ1) is 10.6. The molecule has 2 bridgehead atoms. The van der Waals surface area contributed by atoms with Gasteiger partial charge in [0.25, 0.3) is 0 Å². The fourth-order valence-corrected chi connectivity index (χ4v) is 5.04. The molecule has 1 heterocycles. The summed E-state index contributed by atoms with van der Waals surface area (Å²) < 4.78 is 3.02.